The Bertz CT molecular complexity index is 989. The molecular weight excluding hydrogens is 320 g/mol. The lowest BCUT2D eigenvalue weighted by atomic mass is 10.1. The Kier molecular flexibility index (Phi) is 3.86. The largest absolute Gasteiger partial charge is 0.383 e. The maximum atomic E-state index is 6.17. The SMILES string of the molecule is CSCCCn1cc2c(N)nc3cc(-c4ccn[nH]4)ccc3c2n1. The van der Waals surface area contributed by atoms with Crippen LogP contribution in [0.1, 0.15) is 6.42 Å². The molecule has 0 spiro atoms. The number of thioether (sulfide) groups is 1. The van der Waals surface area contributed by atoms with Crippen molar-refractivity contribution < 1.29 is 0 Å². The molecule has 1 aromatic carbocycles. The molecule has 4 rings (SSSR count). The van der Waals surface area contributed by atoms with Gasteiger partial charge in [0.15, 0.2) is 0 Å². The van der Waals surface area contributed by atoms with Gasteiger partial charge in [0.05, 0.1) is 16.6 Å². The van der Waals surface area contributed by atoms with Crippen LogP contribution in [0.5, 0.6) is 0 Å². The topological polar surface area (TPSA) is 85.4 Å². The molecule has 4 aromatic rings. The summed E-state index contributed by atoms with van der Waals surface area (Å²) in [5.74, 6) is 1.65. The van der Waals surface area contributed by atoms with Crippen LogP contribution in [0.25, 0.3) is 33.1 Å². The third-order valence-electron chi connectivity index (χ3n) is 4.08. The summed E-state index contributed by atoms with van der Waals surface area (Å²) >= 11 is 1.85. The first-order valence-electron chi connectivity index (χ1n) is 7.81. The van der Waals surface area contributed by atoms with Gasteiger partial charge in [0, 0.05) is 29.9 Å². The molecule has 6 nitrogen and oxygen atoms in total. The fourth-order valence-electron chi connectivity index (χ4n) is 2.89. The molecule has 0 amide bonds. The van der Waals surface area contributed by atoms with Crippen LogP contribution < -0.4 is 5.73 Å². The van der Waals surface area contributed by atoms with E-state index in [-0.39, 0.29) is 0 Å². The Labute approximate surface area is 143 Å². The minimum atomic E-state index is 0.523. The molecule has 0 saturated heterocycles. The summed E-state index contributed by atoms with van der Waals surface area (Å²) < 4.78 is 1.97. The molecule has 0 bridgehead atoms. The number of H-pyrrole nitrogens is 1. The van der Waals surface area contributed by atoms with Crippen molar-refractivity contribution in [3.8, 4) is 11.3 Å². The second-order valence-corrected chi connectivity index (χ2v) is 6.69. The molecule has 0 fully saturated rings. The first kappa shape index (κ1) is 15.0. The molecule has 0 saturated carbocycles. The summed E-state index contributed by atoms with van der Waals surface area (Å²) in [5, 5.41) is 13.6. The number of pyridine rings is 1. The van der Waals surface area contributed by atoms with Crippen molar-refractivity contribution in [3.05, 3.63) is 36.7 Å². The number of nitrogen functional groups attached to an aromatic ring is 1. The average Bonchev–Trinajstić information content (AvgIpc) is 3.25. The highest BCUT2D eigenvalue weighted by molar-refractivity contribution is 7.98. The number of aromatic amines is 1. The highest BCUT2D eigenvalue weighted by Gasteiger charge is 2.12. The van der Waals surface area contributed by atoms with Gasteiger partial charge in [-0.05, 0) is 36.6 Å². The van der Waals surface area contributed by atoms with Gasteiger partial charge in [0.1, 0.15) is 11.3 Å². The van der Waals surface area contributed by atoms with E-state index in [9.17, 15) is 0 Å². The zero-order valence-electron chi connectivity index (χ0n) is 13.4. The monoisotopic (exact) mass is 338 g/mol. The number of nitrogens with one attached hydrogen (secondary N) is 1. The van der Waals surface area contributed by atoms with Crippen molar-refractivity contribution in [2.24, 2.45) is 0 Å². The van der Waals surface area contributed by atoms with E-state index in [4.69, 9.17) is 10.8 Å². The Morgan fingerprint density at radius 3 is 2.96 bits per heavy atom. The minimum absolute atomic E-state index is 0.523. The zero-order valence-corrected chi connectivity index (χ0v) is 14.2. The molecule has 24 heavy (non-hydrogen) atoms. The van der Waals surface area contributed by atoms with Crippen LogP contribution in [0.2, 0.25) is 0 Å². The van der Waals surface area contributed by atoms with E-state index < -0.39 is 0 Å². The number of aryl methyl sites for hydroxylation is 1. The predicted octanol–water partition coefficient (Wildman–Crippen LogP) is 3.31. The van der Waals surface area contributed by atoms with Crippen LogP contribution in [-0.4, -0.2) is 37.0 Å². The summed E-state index contributed by atoms with van der Waals surface area (Å²) in [7, 11) is 0. The average molecular weight is 338 g/mol. The van der Waals surface area contributed by atoms with E-state index in [1.54, 1.807) is 6.20 Å². The van der Waals surface area contributed by atoms with Gasteiger partial charge in [-0.1, -0.05) is 6.07 Å². The van der Waals surface area contributed by atoms with Crippen molar-refractivity contribution in [1.82, 2.24) is 25.0 Å². The lowest BCUT2D eigenvalue weighted by Gasteiger charge is -2.03. The number of nitrogens with zero attached hydrogens (tertiary/aromatic N) is 4. The third-order valence-corrected chi connectivity index (χ3v) is 4.78. The van der Waals surface area contributed by atoms with Crippen LogP contribution in [0.4, 0.5) is 5.82 Å². The first-order chi connectivity index (χ1) is 11.8. The standard InChI is InChI=1S/C17H18N6S/c1-24-8-2-7-23-10-13-16(22-23)12-4-3-11(14-5-6-19-21-14)9-15(12)20-17(13)18/h3-6,9-10H,2,7-8H2,1H3,(H2,18,20)(H,19,21). The zero-order chi connectivity index (χ0) is 16.5. The van der Waals surface area contributed by atoms with Gasteiger partial charge in [-0.2, -0.15) is 22.0 Å². The van der Waals surface area contributed by atoms with Crippen molar-refractivity contribution >= 4 is 39.4 Å². The second kappa shape index (κ2) is 6.16. The molecule has 0 unspecified atom stereocenters. The molecule has 0 aliphatic rings. The highest BCUT2D eigenvalue weighted by Crippen LogP contribution is 2.29. The molecule has 0 atom stereocenters. The van der Waals surface area contributed by atoms with Gasteiger partial charge < -0.3 is 5.73 Å². The van der Waals surface area contributed by atoms with Crippen LogP contribution in [0, 0.1) is 0 Å². The molecule has 3 heterocycles. The fourth-order valence-corrected chi connectivity index (χ4v) is 3.31. The van der Waals surface area contributed by atoms with Gasteiger partial charge >= 0.3 is 0 Å². The lowest BCUT2D eigenvalue weighted by molar-refractivity contribution is 0.613. The Hall–Kier alpha value is -2.54. The van der Waals surface area contributed by atoms with Gasteiger partial charge in [-0.15, -0.1) is 0 Å². The number of hydrogen-bond acceptors (Lipinski definition) is 5. The van der Waals surface area contributed by atoms with Gasteiger partial charge in [0.25, 0.3) is 0 Å². The Morgan fingerprint density at radius 2 is 2.17 bits per heavy atom. The quantitative estimate of drug-likeness (QED) is 0.545. The molecule has 0 aliphatic heterocycles. The Morgan fingerprint density at radius 1 is 1.25 bits per heavy atom. The van der Waals surface area contributed by atoms with Gasteiger partial charge in [-0.25, -0.2) is 4.98 Å². The maximum Gasteiger partial charge on any atom is 0.135 e. The van der Waals surface area contributed by atoms with Crippen LogP contribution in [-0.2, 0) is 6.54 Å². The Balaban J connectivity index is 1.81. The third kappa shape index (κ3) is 2.60. The van der Waals surface area contributed by atoms with Crippen molar-refractivity contribution in [3.63, 3.8) is 0 Å². The number of aromatic nitrogens is 5. The number of rotatable bonds is 5. The number of fused-ring (bicyclic) bond motifs is 3. The van der Waals surface area contributed by atoms with Crippen molar-refractivity contribution in [1.29, 1.82) is 0 Å². The van der Waals surface area contributed by atoms with E-state index in [1.807, 2.05) is 34.8 Å². The molecule has 7 heteroatoms. The lowest BCUT2D eigenvalue weighted by Crippen LogP contribution is -1.99. The summed E-state index contributed by atoms with van der Waals surface area (Å²) in [6.07, 6.45) is 6.94. The van der Waals surface area contributed by atoms with Crippen molar-refractivity contribution in [2.45, 2.75) is 13.0 Å². The fraction of sp³-hybridized carbons (Fsp3) is 0.235. The smallest absolute Gasteiger partial charge is 0.135 e. The van der Waals surface area contributed by atoms with Crippen LogP contribution in [0.15, 0.2) is 36.7 Å². The van der Waals surface area contributed by atoms with E-state index in [0.717, 1.165) is 51.8 Å². The molecule has 0 radical (unpaired) electrons. The van der Waals surface area contributed by atoms with Crippen molar-refractivity contribution in [2.75, 3.05) is 17.7 Å². The summed E-state index contributed by atoms with van der Waals surface area (Å²) in [5.41, 5.74) is 9.93. The molecule has 122 valence electrons. The van der Waals surface area contributed by atoms with Crippen LogP contribution >= 0.6 is 11.8 Å². The normalized spacial score (nSPS) is 11.5. The van der Waals surface area contributed by atoms with E-state index in [2.05, 4.69) is 33.6 Å². The van der Waals surface area contributed by atoms with E-state index in [0.29, 0.717) is 5.82 Å². The summed E-state index contributed by atoms with van der Waals surface area (Å²) in [6.45, 7) is 0.892. The molecular formula is C17H18N6S. The van der Waals surface area contributed by atoms with Crippen LogP contribution in [0.3, 0.4) is 0 Å². The second-order valence-electron chi connectivity index (χ2n) is 5.70. The minimum Gasteiger partial charge on any atom is -0.383 e. The summed E-state index contributed by atoms with van der Waals surface area (Å²) in [4.78, 5) is 4.57. The molecule has 3 aromatic heterocycles. The van der Waals surface area contributed by atoms with E-state index in [1.165, 1.54) is 0 Å². The highest BCUT2D eigenvalue weighted by atomic mass is 32.2. The maximum absolute atomic E-state index is 6.17. The number of nitrogens with two attached hydrogens (primary N) is 1. The van der Waals surface area contributed by atoms with E-state index >= 15 is 0 Å². The number of benzene rings is 1. The summed E-state index contributed by atoms with van der Waals surface area (Å²) in [6, 6.07) is 8.06. The molecule has 0 aliphatic carbocycles. The van der Waals surface area contributed by atoms with Gasteiger partial charge in [-0.3, -0.25) is 9.78 Å². The predicted molar refractivity (Wildman–Crippen MR) is 100 cm³/mol. The number of hydrogen-bond donors (Lipinski definition) is 2. The first-order valence-corrected chi connectivity index (χ1v) is 9.21. The number of anilines is 1. The molecule has 3 N–H and O–H groups in total. The van der Waals surface area contributed by atoms with Gasteiger partial charge in [0.2, 0.25) is 0 Å².